The molecule has 3 N–H and O–H groups in total. The summed E-state index contributed by atoms with van der Waals surface area (Å²) in [5.41, 5.74) is 7.00. The summed E-state index contributed by atoms with van der Waals surface area (Å²) < 4.78 is 22.9. The lowest BCUT2D eigenvalue weighted by Gasteiger charge is -2.14. The molecule has 17 heavy (non-hydrogen) atoms. The van der Waals surface area contributed by atoms with Crippen LogP contribution in [0.1, 0.15) is 24.4 Å². The third-order valence-corrected chi connectivity index (χ3v) is 3.97. The molecule has 1 amide bonds. The van der Waals surface area contributed by atoms with Gasteiger partial charge in [0.25, 0.3) is 0 Å². The van der Waals surface area contributed by atoms with Crippen molar-refractivity contribution in [1.82, 2.24) is 5.32 Å². The lowest BCUT2D eigenvalue weighted by atomic mass is 10.0. The van der Waals surface area contributed by atoms with E-state index in [1.165, 1.54) is 6.07 Å². The van der Waals surface area contributed by atoms with E-state index in [2.05, 4.69) is 5.32 Å². The van der Waals surface area contributed by atoms with Gasteiger partial charge in [-0.05, 0) is 30.2 Å². The van der Waals surface area contributed by atoms with Gasteiger partial charge in [0, 0.05) is 18.4 Å². The number of benzene rings is 1. The zero-order valence-corrected chi connectivity index (χ0v) is 10.3. The number of hydrogen-bond acceptors (Lipinski definition) is 4. The van der Waals surface area contributed by atoms with Gasteiger partial charge in [0.1, 0.15) is 0 Å². The van der Waals surface area contributed by atoms with E-state index < -0.39 is 9.84 Å². The first-order valence-corrected chi connectivity index (χ1v) is 7.16. The monoisotopic (exact) mass is 254 g/mol. The van der Waals surface area contributed by atoms with Gasteiger partial charge in [0.15, 0.2) is 9.84 Å². The van der Waals surface area contributed by atoms with Crippen molar-refractivity contribution in [2.24, 2.45) is 0 Å². The Labute approximate surface area is 99.9 Å². The molecule has 1 heterocycles. The molecule has 1 atom stereocenters. The maximum absolute atomic E-state index is 11.4. The van der Waals surface area contributed by atoms with E-state index in [4.69, 9.17) is 5.73 Å². The molecular weight excluding hydrogens is 240 g/mol. The Bertz CT molecular complexity index is 566. The van der Waals surface area contributed by atoms with Crippen molar-refractivity contribution in [1.29, 1.82) is 0 Å². The SMILES string of the molecule is CS(=O)(=O)c1ccc(N)c([C@@H]2CCC(=O)N2)c1. The predicted octanol–water partition coefficient (Wildman–Crippen LogP) is 0.623. The van der Waals surface area contributed by atoms with Crippen LogP contribution in [0.25, 0.3) is 0 Å². The van der Waals surface area contributed by atoms with E-state index in [0.717, 1.165) is 6.26 Å². The molecule has 1 fully saturated rings. The van der Waals surface area contributed by atoms with E-state index >= 15 is 0 Å². The fourth-order valence-electron chi connectivity index (χ4n) is 1.93. The average Bonchev–Trinajstić information content (AvgIpc) is 2.63. The molecule has 1 saturated heterocycles. The van der Waals surface area contributed by atoms with Crippen LogP contribution in [0, 0.1) is 0 Å². The van der Waals surface area contributed by atoms with Crippen LogP contribution in [0.2, 0.25) is 0 Å². The van der Waals surface area contributed by atoms with Gasteiger partial charge in [0.2, 0.25) is 5.91 Å². The van der Waals surface area contributed by atoms with Crippen molar-refractivity contribution in [3.63, 3.8) is 0 Å². The predicted molar refractivity (Wildman–Crippen MR) is 64.1 cm³/mol. The first-order valence-electron chi connectivity index (χ1n) is 5.27. The highest BCUT2D eigenvalue weighted by atomic mass is 32.2. The second-order valence-corrected chi connectivity index (χ2v) is 6.24. The first-order chi connectivity index (χ1) is 7.88. The molecule has 0 saturated carbocycles. The largest absolute Gasteiger partial charge is 0.398 e. The standard InChI is InChI=1S/C11H14N2O3S/c1-17(15,16)7-2-3-9(12)8(6-7)10-4-5-11(14)13-10/h2-3,6,10H,4-5,12H2,1H3,(H,13,14)/t10-/m0/s1. The van der Waals surface area contributed by atoms with Crippen molar-refractivity contribution < 1.29 is 13.2 Å². The number of nitrogens with one attached hydrogen (secondary N) is 1. The van der Waals surface area contributed by atoms with Crippen molar-refractivity contribution in [3.8, 4) is 0 Å². The average molecular weight is 254 g/mol. The van der Waals surface area contributed by atoms with Gasteiger partial charge in [0.05, 0.1) is 10.9 Å². The molecule has 1 aromatic carbocycles. The van der Waals surface area contributed by atoms with Gasteiger partial charge in [-0.15, -0.1) is 0 Å². The molecule has 0 aromatic heterocycles. The molecule has 0 spiro atoms. The van der Waals surface area contributed by atoms with E-state index in [1.807, 2.05) is 0 Å². The van der Waals surface area contributed by atoms with Gasteiger partial charge < -0.3 is 11.1 Å². The van der Waals surface area contributed by atoms with Crippen LogP contribution in [-0.2, 0) is 14.6 Å². The molecule has 0 unspecified atom stereocenters. The van der Waals surface area contributed by atoms with Crippen LogP contribution < -0.4 is 11.1 Å². The summed E-state index contributed by atoms with van der Waals surface area (Å²) in [6.07, 6.45) is 2.25. The Kier molecular flexibility index (Phi) is 2.82. The van der Waals surface area contributed by atoms with E-state index in [9.17, 15) is 13.2 Å². The number of amides is 1. The Balaban J connectivity index is 2.43. The number of nitrogens with two attached hydrogens (primary N) is 1. The third kappa shape index (κ3) is 2.41. The summed E-state index contributed by atoms with van der Waals surface area (Å²) in [6.45, 7) is 0. The summed E-state index contributed by atoms with van der Waals surface area (Å²) in [4.78, 5) is 11.4. The van der Waals surface area contributed by atoms with Crippen LogP contribution >= 0.6 is 0 Å². The van der Waals surface area contributed by atoms with E-state index in [0.29, 0.717) is 24.1 Å². The second-order valence-electron chi connectivity index (χ2n) is 4.22. The lowest BCUT2D eigenvalue weighted by Crippen LogP contribution is -2.19. The fraction of sp³-hybridized carbons (Fsp3) is 0.364. The smallest absolute Gasteiger partial charge is 0.220 e. The Morgan fingerprint density at radius 1 is 1.41 bits per heavy atom. The molecule has 2 rings (SSSR count). The number of carbonyl (C=O) groups excluding carboxylic acids is 1. The molecule has 5 nitrogen and oxygen atoms in total. The summed E-state index contributed by atoms with van der Waals surface area (Å²) in [5.74, 6) is -0.0286. The number of rotatable bonds is 2. The number of nitrogen functional groups attached to an aromatic ring is 1. The minimum absolute atomic E-state index is 0.0286. The van der Waals surface area contributed by atoms with Gasteiger partial charge in [-0.1, -0.05) is 0 Å². The van der Waals surface area contributed by atoms with Gasteiger partial charge in [-0.3, -0.25) is 4.79 Å². The van der Waals surface area contributed by atoms with Gasteiger partial charge in [-0.25, -0.2) is 8.42 Å². The minimum Gasteiger partial charge on any atom is -0.398 e. The molecule has 1 aromatic rings. The number of anilines is 1. The highest BCUT2D eigenvalue weighted by Crippen LogP contribution is 2.30. The van der Waals surface area contributed by atoms with Crippen molar-refractivity contribution in [2.75, 3.05) is 12.0 Å². The van der Waals surface area contributed by atoms with Crippen molar-refractivity contribution in [3.05, 3.63) is 23.8 Å². The summed E-state index contributed by atoms with van der Waals surface area (Å²) in [6, 6.07) is 4.41. The van der Waals surface area contributed by atoms with Crippen LogP contribution in [0.3, 0.4) is 0 Å². The topological polar surface area (TPSA) is 89.3 Å². The molecule has 0 aliphatic carbocycles. The molecule has 6 heteroatoms. The first kappa shape index (κ1) is 11.9. The summed E-state index contributed by atoms with van der Waals surface area (Å²) >= 11 is 0. The Morgan fingerprint density at radius 3 is 2.65 bits per heavy atom. The molecular formula is C11H14N2O3S. The van der Waals surface area contributed by atoms with Crippen LogP contribution in [-0.4, -0.2) is 20.6 Å². The van der Waals surface area contributed by atoms with Crippen molar-refractivity contribution in [2.45, 2.75) is 23.8 Å². The third-order valence-electron chi connectivity index (χ3n) is 2.86. The molecule has 92 valence electrons. The van der Waals surface area contributed by atoms with Gasteiger partial charge >= 0.3 is 0 Å². The van der Waals surface area contributed by atoms with Crippen LogP contribution in [0.5, 0.6) is 0 Å². The second kappa shape index (κ2) is 4.03. The Hall–Kier alpha value is -1.56. The van der Waals surface area contributed by atoms with Gasteiger partial charge in [-0.2, -0.15) is 0 Å². The highest BCUT2D eigenvalue weighted by molar-refractivity contribution is 7.90. The molecule has 0 bridgehead atoms. The van der Waals surface area contributed by atoms with Crippen molar-refractivity contribution >= 4 is 21.4 Å². The van der Waals surface area contributed by atoms with E-state index in [1.54, 1.807) is 12.1 Å². The van der Waals surface area contributed by atoms with E-state index in [-0.39, 0.29) is 16.8 Å². The highest BCUT2D eigenvalue weighted by Gasteiger charge is 2.24. The number of sulfone groups is 1. The zero-order valence-electron chi connectivity index (χ0n) is 9.43. The Morgan fingerprint density at radius 2 is 2.12 bits per heavy atom. The summed E-state index contributed by atoms with van der Waals surface area (Å²) in [7, 11) is -3.25. The van der Waals surface area contributed by atoms with Crippen LogP contribution in [0.4, 0.5) is 5.69 Å². The lowest BCUT2D eigenvalue weighted by molar-refractivity contribution is -0.119. The zero-order chi connectivity index (χ0) is 12.6. The normalized spacial score (nSPS) is 20.3. The maximum Gasteiger partial charge on any atom is 0.220 e. The minimum atomic E-state index is -3.25. The fourth-order valence-corrected chi connectivity index (χ4v) is 2.59. The van der Waals surface area contributed by atoms with Crippen LogP contribution in [0.15, 0.2) is 23.1 Å². The molecule has 1 aliphatic rings. The number of hydrogen-bond donors (Lipinski definition) is 2. The number of carbonyl (C=O) groups is 1. The summed E-state index contributed by atoms with van der Waals surface area (Å²) in [5, 5.41) is 2.78. The molecule has 1 aliphatic heterocycles. The quantitative estimate of drug-likeness (QED) is 0.757. The maximum atomic E-state index is 11.4. The molecule has 0 radical (unpaired) electrons.